The van der Waals surface area contributed by atoms with Crippen molar-refractivity contribution in [2.75, 3.05) is 6.61 Å². The summed E-state index contributed by atoms with van der Waals surface area (Å²) in [5, 5.41) is 14.4. The predicted octanol–water partition coefficient (Wildman–Crippen LogP) is 3.29. The molecular formula is C15H18N2O2S. The molecule has 1 N–H and O–H groups in total. The van der Waals surface area contributed by atoms with E-state index in [0.29, 0.717) is 0 Å². The molecule has 0 spiro atoms. The Bertz CT molecular complexity index is 613. The Labute approximate surface area is 122 Å². The zero-order valence-corrected chi connectivity index (χ0v) is 12.1. The molecule has 2 aromatic heterocycles. The first-order valence-electron chi connectivity index (χ1n) is 7.28. The lowest BCUT2D eigenvalue weighted by Gasteiger charge is -2.22. The van der Waals surface area contributed by atoms with Gasteiger partial charge in [-0.05, 0) is 43.7 Å². The van der Waals surface area contributed by atoms with Crippen LogP contribution in [-0.4, -0.2) is 21.5 Å². The lowest BCUT2D eigenvalue weighted by Crippen LogP contribution is -2.18. The maximum atomic E-state index is 9.92. The van der Waals surface area contributed by atoms with Gasteiger partial charge < -0.3 is 9.84 Å². The number of aliphatic hydroxyl groups is 1. The number of ether oxygens (including phenoxy) is 1. The Morgan fingerprint density at radius 3 is 3.10 bits per heavy atom. The number of thiophene rings is 1. The van der Waals surface area contributed by atoms with Crippen molar-refractivity contribution in [3.05, 3.63) is 28.9 Å². The molecule has 0 bridgehead atoms. The SMILES string of the molecule is OC1CCc2sc(-c3cnn(C4CCCCO4)c3)cc21. The van der Waals surface area contributed by atoms with Gasteiger partial charge in [0.05, 0.1) is 12.3 Å². The number of nitrogens with zero attached hydrogens (tertiary/aromatic N) is 2. The number of hydrogen-bond acceptors (Lipinski definition) is 4. The van der Waals surface area contributed by atoms with Gasteiger partial charge in [0.15, 0.2) is 0 Å². The molecule has 0 saturated carbocycles. The Balaban J connectivity index is 1.60. The highest BCUT2D eigenvalue weighted by atomic mass is 32.1. The molecule has 0 amide bonds. The van der Waals surface area contributed by atoms with Crippen LogP contribution in [0.5, 0.6) is 0 Å². The van der Waals surface area contributed by atoms with Crippen LogP contribution in [0.15, 0.2) is 18.5 Å². The minimum absolute atomic E-state index is 0.0925. The Hall–Kier alpha value is -1.17. The summed E-state index contributed by atoms with van der Waals surface area (Å²) in [6.45, 7) is 0.833. The third-order valence-corrected chi connectivity index (χ3v) is 5.44. The first kappa shape index (κ1) is 12.6. The zero-order valence-electron chi connectivity index (χ0n) is 11.3. The molecule has 1 aliphatic carbocycles. The maximum Gasteiger partial charge on any atom is 0.150 e. The highest BCUT2D eigenvalue weighted by Crippen LogP contribution is 2.41. The average molecular weight is 290 g/mol. The quantitative estimate of drug-likeness (QED) is 0.923. The van der Waals surface area contributed by atoms with Crippen LogP contribution in [0.1, 0.15) is 48.5 Å². The van der Waals surface area contributed by atoms with E-state index in [4.69, 9.17) is 4.74 Å². The maximum absolute atomic E-state index is 9.92. The number of aromatic nitrogens is 2. The Morgan fingerprint density at radius 2 is 2.30 bits per heavy atom. The normalized spacial score (nSPS) is 25.9. The van der Waals surface area contributed by atoms with Gasteiger partial charge >= 0.3 is 0 Å². The van der Waals surface area contributed by atoms with E-state index in [1.165, 1.54) is 16.2 Å². The smallest absolute Gasteiger partial charge is 0.150 e. The molecule has 106 valence electrons. The number of aliphatic hydroxyl groups excluding tert-OH is 1. The summed E-state index contributed by atoms with van der Waals surface area (Å²) >= 11 is 1.78. The monoisotopic (exact) mass is 290 g/mol. The van der Waals surface area contributed by atoms with Gasteiger partial charge in [-0.1, -0.05) is 0 Å². The lowest BCUT2D eigenvalue weighted by atomic mass is 10.2. The van der Waals surface area contributed by atoms with E-state index < -0.39 is 0 Å². The van der Waals surface area contributed by atoms with Crippen molar-refractivity contribution in [2.45, 2.75) is 44.4 Å². The summed E-state index contributed by atoms with van der Waals surface area (Å²) in [5.41, 5.74) is 2.25. The van der Waals surface area contributed by atoms with Gasteiger partial charge in [0.1, 0.15) is 6.23 Å². The Morgan fingerprint density at radius 1 is 1.35 bits per heavy atom. The van der Waals surface area contributed by atoms with E-state index in [-0.39, 0.29) is 12.3 Å². The van der Waals surface area contributed by atoms with Crippen molar-refractivity contribution >= 4 is 11.3 Å². The summed E-state index contributed by atoms with van der Waals surface area (Å²) < 4.78 is 7.70. The summed E-state index contributed by atoms with van der Waals surface area (Å²) in [7, 11) is 0. The molecule has 0 aromatic carbocycles. The largest absolute Gasteiger partial charge is 0.388 e. The molecule has 1 saturated heterocycles. The molecule has 2 atom stereocenters. The molecule has 0 radical (unpaired) electrons. The lowest BCUT2D eigenvalue weighted by molar-refractivity contribution is -0.0394. The molecule has 2 aromatic rings. The topological polar surface area (TPSA) is 47.3 Å². The number of rotatable bonds is 2. The molecule has 2 unspecified atom stereocenters. The molecular weight excluding hydrogens is 272 g/mol. The minimum Gasteiger partial charge on any atom is -0.388 e. The molecule has 2 aliphatic rings. The van der Waals surface area contributed by atoms with Gasteiger partial charge in [0.2, 0.25) is 0 Å². The van der Waals surface area contributed by atoms with Gasteiger partial charge in [-0.15, -0.1) is 11.3 Å². The first-order chi connectivity index (χ1) is 9.81. The van der Waals surface area contributed by atoms with Gasteiger partial charge in [0, 0.05) is 28.1 Å². The van der Waals surface area contributed by atoms with Crippen molar-refractivity contribution in [1.29, 1.82) is 0 Å². The number of fused-ring (bicyclic) bond motifs is 1. The van der Waals surface area contributed by atoms with Gasteiger partial charge in [0.25, 0.3) is 0 Å². The van der Waals surface area contributed by atoms with Crippen molar-refractivity contribution in [3.8, 4) is 10.4 Å². The van der Waals surface area contributed by atoms with Crippen LogP contribution in [0.2, 0.25) is 0 Å². The van der Waals surface area contributed by atoms with E-state index in [1.54, 1.807) is 11.3 Å². The van der Waals surface area contributed by atoms with E-state index in [1.807, 2.05) is 10.9 Å². The summed E-state index contributed by atoms with van der Waals surface area (Å²) in [4.78, 5) is 2.53. The second-order valence-electron chi connectivity index (χ2n) is 5.57. The first-order valence-corrected chi connectivity index (χ1v) is 8.10. The van der Waals surface area contributed by atoms with Crippen molar-refractivity contribution in [1.82, 2.24) is 9.78 Å². The number of hydrogen-bond donors (Lipinski definition) is 1. The highest BCUT2D eigenvalue weighted by molar-refractivity contribution is 7.15. The van der Waals surface area contributed by atoms with Crippen molar-refractivity contribution in [3.63, 3.8) is 0 Å². The van der Waals surface area contributed by atoms with Crippen LogP contribution in [0.25, 0.3) is 10.4 Å². The van der Waals surface area contributed by atoms with Crippen LogP contribution in [0.4, 0.5) is 0 Å². The molecule has 20 heavy (non-hydrogen) atoms. The van der Waals surface area contributed by atoms with E-state index in [9.17, 15) is 5.11 Å². The van der Waals surface area contributed by atoms with Crippen LogP contribution in [-0.2, 0) is 11.2 Å². The summed E-state index contributed by atoms with van der Waals surface area (Å²) in [6.07, 6.45) is 9.08. The standard InChI is InChI=1S/C15H18N2O2S/c18-12-4-5-13-11(12)7-14(20-13)10-8-16-17(9-10)15-3-1-2-6-19-15/h7-9,12,15,18H,1-6H2. The molecule has 3 heterocycles. The fraction of sp³-hybridized carbons (Fsp3) is 0.533. The molecule has 4 rings (SSSR count). The van der Waals surface area contributed by atoms with Crippen molar-refractivity contribution < 1.29 is 9.84 Å². The van der Waals surface area contributed by atoms with Crippen LogP contribution < -0.4 is 0 Å². The Kier molecular flexibility index (Phi) is 3.13. The summed E-state index contributed by atoms with van der Waals surface area (Å²) in [6, 6.07) is 2.13. The summed E-state index contributed by atoms with van der Waals surface area (Å²) in [5.74, 6) is 0. The average Bonchev–Trinajstić information content (AvgIpc) is 3.17. The highest BCUT2D eigenvalue weighted by Gasteiger charge is 2.24. The minimum atomic E-state index is -0.272. The van der Waals surface area contributed by atoms with Gasteiger partial charge in [-0.2, -0.15) is 5.10 Å². The van der Waals surface area contributed by atoms with Gasteiger partial charge in [-0.25, -0.2) is 4.68 Å². The van der Waals surface area contributed by atoms with Gasteiger partial charge in [-0.3, -0.25) is 0 Å². The second kappa shape index (κ2) is 4.98. The van der Waals surface area contributed by atoms with E-state index in [0.717, 1.165) is 43.4 Å². The van der Waals surface area contributed by atoms with Crippen molar-refractivity contribution in [2.24, 2.45) is 0 Å². The molecule has 5 heteroatoms. The van der Waals surface area contributed by atoms with E-state index in [2.05, 4.69) is 17.4 Å². The second-order valence-corrected chi connectivity index (χ2v) is 6.71. The number of aryl methyl sites for hydroxylation is 1. The zero-order chi connectivity index (χ0) is 13.5. The predicted molar refractivity (Wildman–Crippen MR) is 77.7 cm³/mol. The third-order valence-electron chi connectivity index (χ3n) is 4.18. The third kappa shape index (κ3) is 2.10. The van der Waals surface area contributed by atoms with Crippen LogP contribution in [0, 0.1) is 0 Å². The van der Waals surface area contributed by atoms with E-state index >= 15 is 0 Å². The molecule has 1 fully saturated rings. The fourth-order valence-electron chi connectivity index (χ4n) is 3.04. The van der Waals surface area contributed by atoms with Crippen LogP contribution >= 0.6 is 11.3 Å². The van der Waals surface area contributed by atoms with Crippen LogP contribution in [0.3, 0.4) is 0 Å². The molecule has 4 nitrogen and oxygen atoms in total. The molecule has 1 aliphatic heterocycles. The fourth-order valence-corrected chi connectivity index (χ4v) is 4.25.